The SMILES string of the molecule is COc1ccc(N2CCC(NC(=O)N3CCN(C(=O)c4ccc(O)cc4)CC3)CC2)cc1. The fourth-order valence-electron chi connectivity index (χ4n) is 4.24. The summed E-state index contributed by atoms with van der Waals surface area (Å²) in [6.07, 6.45) is 1.80. The molecule has 2 heterocycles. The molecule has 170 valence electrons. The fraction of sp³-hybridized carbons (Fsp3) is 0.417. The number of benzene rings is 2. The number of anilines is 1. The normalized spacial score (nSPS) is 17.2. The number of piperidine rings is 1. The van der Waals surface area contributed by atoms with Crippen LogP contribution in [0.25, 0.3) is 0 Å². The van der Waals surface area contributed by atoms with Gasteiger partial charge in [-0.05, 0) is 61.4 Å². The van der Waals surface area contributed by atoms with Gasteiger partial charge in [0.25, 0.3) is 5.91 Å². The van der Waals surface area contributed by atoms with E-state index in [1.807, 2.05) is 12.1 Å². The Balaban J connectivity index is 1.21. The van der Waals surface area contributed by atoms with Crippen LogP contribution in [0.4, 0.5) is 10.5 Å². The Kier molecular flexibility index (Phi) is 6.68. The van der Waals surface area contributed by atoms with E-state index in [2.05, 4.69) is 22.3 Å². The average Bonchev–Trinajstić information content (AvgIpc) is 2.85. The fourth-order valence-corrected chi connectivity index (χ4v) is 4.24. The van der Waals surface area contributed by atoms with Crippen LogP contribution >= 0.6 is 0 Å². The lowest BCUT2D eigenvalue weighted by Gasteiger charge is -2.37. The van der Waals surface area contributed by atoms with E-state index in [0.29, 0.717) is 31.7 Å². The Morgan fingerprint density at radius 1 is 0.875 bits per heavy atom. The van der Waals surface area contributed by atoms with E-state index in [0.717, 1.165) is 31.7 Å². The number of piperazine rings is 1. The molecule has 2 aliphatic rings. The van der Waals surface area contributed by atoms with Crippen LogP contribution in [-0.2, 0) is 0 Å². The van der Waals surface area contributed by atoms with Crippen molar-refractivity contribution in [2.75, 3.05) is 51.3 Å². The maximum absolute atomic E-state index is 12.7. The first-order valence-corrected chi connectivity index (χ1v) is 11.1. The molecule has 2 fully saturated rings. The van der Waals surface area contributed by atoms with E-state index in [1.54, 1.807) is 29.0 Å². The summed E-state index contributed by atoms with van der Waals surface area (Å²) in [6, 6.07) is 14.4. The summed E-state index contributed by atoms with van der Waals surface area (Å²) in [4.78, 5) is 31.2. The van der Waals surface area contributed by atoms with Gasteiger partial charge in [0.05, 0.1) is 7.11 Å². The van der Waals surface area contributed by atoms with E-state index in [9.17, 15) is 14.7 Å². The molecule has 8 heteroatoms. The number of aromatic hydroxyl groups is 1. The summed E-state index contributed by atoms with van der Waals surface area (Å²) in [5, 5.41) is 12.6. The van der Waals surface area contributed by atoms with Crippen LogP contribution in [0.3, 0.4) is 0 Å². The molecule has 0 radical (unpaired) electrons. The lowest BCUT2D eigenvalue weighted by Crippen LogP contribution is -2.55. The molecule has 3 amide bonds. The summed E-state index contributed by atoms with van der Waals surface area (Å²) in [7, 11) is 1.66. The summed E-state index contributed by atoms with van der Waals surface area (Å²) in [5.74, 6) is 0.912. The van der Waals surface area contributed by atoms with Gasteiger partial charge >= 0.3 is 6.03 Å². The van der Waals surface area contributed by atoms with E-state index in [1.165, 1.54) is 17.8 Å². The first-order chi connectivity index (χ1) is 15.5. The molecule has 0 saturated carbocycles. The van der Waals surface area contributed by atoms with Gasteiger partial charge in [0.15, 0.2) is 0 Å². The molecule has 2 saturated heterocycles. The maximum Gasteiger partial charge on any atom is 0.317 e. The Morgan fingerprint density at radius 2 is 1.47 bits per heavy atom. The average molecular weight is 439 g/mol. The quantitative estimate of drug-likeness (QED) is 0.766. The van der Waals surface area contributed by atoms with Crippen LogP contribution in [0, 0.1) is 0 Å². The first kappa shape index (κ1) is 21.8. The lowest BCUT2D eigenvalue weighted by atomic mass is 10.0. The van der Waals surface area contributed by atoms with Crippen LogP contribution in [0.1, 0.15) is 23.2 Å². The second-order valence-electron chi connectivity index (χ2n) is 8.23. The number of phenolic OH excluding ortho intramolecular Hbond substituents is 1. The topological polar surface area (TPSA) is 85.4 Å². The highest BCUT2D eigenvalue weighted by Crippen LogP contribution is 2.23. The van der Waals surface area contributed by atoms with Crippen molar-refractivity contribution in [2.45, 2.75) is 18.9 Å². The smallest absolute Gasteiger partial charge is 0.317 e. The molecule has 4 rings (SSSR count). The molecule has 0 unspecified atom stereocenters. The zero-order valence-corrected chi connectivity index (χ0v) is 18.4. The first-order valence-electron chi connectivity index (χ1n) is 11.1. The minimum absolute atomic E-state index is 0.0513. The van der Waals surface area contributed by atoms with Crippen LogP contribution in [-0.4, -0.2) is 79.3 Å². The second-order valence-corrected chi connectivity index (χ2v) is 8.23. The van der Waals surface area contributed by atoms with Crippen LogP contribution in [0.15, 0.2) is 48.5 Å². The van der Waals surface area contributed by atoms with Crippen molar-refractivity contribution in [3.63, 3.8) is 0 Å². The highest BCUT2D eigenvalue weighted by Gasteiger charge is 2.27. The van der Waals surface area contributed by atoms with Crippen molar-refractivity contribution < 1.29 is 19.4 Å². The summed E-state index contributed by atoms with van der Waals surface area (Å²) >= 11 is 0. The minimum Gasteiger partial charge on any atom is -0.508 e. The number of hydrogen-bond acceptors (Lipinski definition) is 5. The number of amides is 3. The summed E-state index contributed by atoms with van der Waals surface area (Å²) in [6.45, 7) is 3.82. The van der Waals surface area contributed by atoms with Crippen LogP contribution in [0.2, 0.25) is 0 Å². The van der Waals surface area contributed by atoms with E-state index in [-0.39, 0.29) is 23.7 Å². The van der Waals surface area contributed by atoms with Crippen molar-refractivity contribution in [1.29, 1.82) is 0 Å². The van der Waals surface area contributed by atoms with Crippen molar-refractivity contribution in [3.8, 4) is 11.5 Å². The molecule has 0 atom stereocenters. The van der Waals surface area contributed by atoms with E-state index < -0.39 is 0 Å². The predicted octanol–water partition coefficient (Wildman–Crippen LogP) is 2.54. The number of urea groups is 1. The largest absolute Gasteiger partial charge is 0.508 e. The van der Waals surface area contributed by atoms with Crippen molar-refractivity contribution in [1.82, 2.24) is 15.1 Å². The van der Waals surface area contributed by atoms with Gasteiger partial charge in [-0.1, -0.05) is 0 Å². The van der Waals surface area contributed by atoms with E-state index in [4.69, 9.17) is 4.74 Å². The molecule has 0 aliphatic carbocycles. The Bertz CT molecular complexity index is 916. The molecular formula is C24H30N4O4. The number of phenols is 1. The number of hydrogen-bond donors (Lipinski definition) is 2. The number of carbonyl (C=O) groups excluding carboxylic acids is 2. The van der Waals surface area contributed by atoms with Gasteiger partial charge in [-0.15, -0.1) is 0 Å². The number of methoxy groups -OCH3 is 1. The monoisotopic (exact) mass is 438 g/mol. The third-order valence-electron chi connectivity index (χ3n) is 6.23. The molecule has 0 aromatic heterocycles. The van der Waals surface area contributed by atoms with Gasteiger partial charge < -0.3 is 29.9 Å². The standard InChI is InChI=1S/C24H30N4O4/c1-32-22-8-4-20(5-9-22)26-12-10-19(11-13-26)25-24(31)28-16-14-27(15-17-28)23(30)18-2-6-21(29)7-3-18/h2-9,19,29H,10-17H2,1H3,(H,25,31). The summed E-state index contributed by atoms with van der Waals surface area (Å²) < 4.78 is 5.22. The van der Waals surface area contributed by atoms with Gasteiger partial charge in [0.1, 0.15) is 11.5 Å². The molecule has 0 spiro atoms. The highest BCUT2D eigenvalue weighted by atomic mass is 16.5. The predicted molar refractivity (Wildman–Crippen MR) is 122 cm³/mol. The highest BCUT2D eigenvalue weighted by molar-refractivity contribution is 5.94. The molecule has 8 nitrogen and oxygen atoms in total. The number of nitrogens with zero attached hydrogens (tertiary/aromatic N) is 3. The minimum atomic E-state index is -0.0732. The number of rotatable bonds is 4. The zero-order valence-electron chi connectivity index (χ0n) is 18.4. The Labute approximate surface area is 188 Å². The van der Waals surface area contributed by atoms with Gasteiger partial charge in [0, 0.05) is 56.6 Å². The molecule has 32 heavy (non-hydrogen) atoms. The van der Waals surface area contributed by atoms with E-state index >= 15 is 0 Å². The number of ether oxygens (including phenoxy) is 1. The van der Waals surface area contributed by atoms with Crippen molar-refractivity contribution in [3.05, 3.63) is 54.1 Å². The molecule has 2 N–H and O–H groups in total. The molecule has 2 aromatic carbocycles. The van der Waals surface area contributed by atoms with Crippen LogP contribution in [0.5, 0.6) is 11.5 Å². The van der Waals surface area contributed by atoms with Gasteiger partial charge in [-0.3, -0.25) is 4.79 Å². The maximum atomic E-state index is 12.7. The van der Waals surface area contributed by atoms with Gasteiger partial charge in [0.2, 0.25) is 0 Å². The Morgan fingerprint density at radius 3 is 2.06 bits per heavy atom. The van der Waals surface area contributed by atoms with Crippen molar-refractivity contribution >= 4 is 17.6 Å². The summed E-state index contributed by atoms with van der Waals surface area (Å²) in [5.41, 5.74) is 1.72. The second kappa shape index (κ2) is 9.80. The molecule has 0 bridgehead atoms. The van der Waals surface area contributed by atoms with Crippen molar-refractivity contribution in [2.24, 2.45) is 0 Å². The molecule has 2 aromatic rings. The molecule has 2 aliphatic heterocycles. The molecular weight excluding hydrogens is 408 g/mol. The zero-order chi connectivity index (χ0) is 22.5. The number of carbonyl (C=O) groups is 2. The van der Waals surface area contributed by atoms with Gasteiger partial charge in [-0.25, -0.2) is 4.79 Å². The third kappa shape index (κ3) is 5.07. The third-order valence-corrected chi connectivity index (χ3v) is 6.23. The van der Waals surface area contributed by atoms with Crippen LogP contribution < -0.4 is 15.0 Å². The lowest BCUT2D eigenvalue weighted by molar-refractivity contribution is 0.0663. The Hall–Kier alpha value is -3.42. The van der Waals surface area contributed by atoms with Gasteiger partial charge in [-0.2, -0.15) is 0 Å². The number of nitrogens with one attached hydrogen (secondary N) is 1.